The van der Waals surface area contributed by atoms with Crippen LogP contribution in [-0.2, 0) is 6.42 Å². The number of rotatable bonds is 6. The molecule has 1 heterocycles. The topological polar surface area (TPSA) is 15.3 Å². The fraction of sp³-hybridized carbons (Fsp3) is 0.647. The van der Waals surface area contributed by atoms with Crippen molar-refractivity contribution in [1.82, 2.24) is 10.2 Å². The Kier molecular flexibility index (Phi) is 5.41. The fourth-order valence-electron chi connectivity index (χ4n) is 3.13. The Labute approximate surface area is 118 Å². The highest BCUT2D eigenvalue weighted by atomic mass is 15.2. The molecule has 2 rings (SSSR count). The summed E-state index contributed by atoms with van der Waals surface area (Å²) in [4.78, 5) is 2.62. The smallest absolute Gasteiger partial charge is 0.0320 e. The van der Waals surface area contributed by atoms with Crippen LogP contribution in [-0.4, -0.2) is 31.6 Å². The summed E-state index contributed by atoms with van der Waals surface area (Å²) in [6.45, 7) is 8.21. The van der Waals surface area contributed by atoms with Gasteiger partial charge in [-0.15, -0.1) is 0 Å². The SMILES string of the molecule is CCCc1ccc(C(C)N2CCC(CNC)C2)cc1. The lowest BCUT2D eigenvalue weighted by Gasteiger charge is -2.25. The molecule has 0 radical (unpaired) electrons. The van der Waals surface area contributed by atoms with Crippen molar-refractivity contribution in [2.75, 3.05) is 26.7 Å². The molecule has 2 heteroatoms. The van der Waals surface area contributed by atoms with Crippen LogP contribution >= 0.6 is 0 Å². The maximum Gasteiger partial charge on any atom is 0.0320 e. The highest BCUT2D eigenvalue weighted by Gasteiger charge is 2.26. The highest BCUT2D eigenvalue weighted by molar-refractivity contribution is 5.25. The van der Waals surface area contributed by atoms with Gasteiger partial charge in [0.1, 0.15) is 0 Å². The van der Waals surface area contributed by atoms with E-state index in [1.165, 1.54) is 43.5 Å². The Bertz CT molecular complexity index is 371. The van der Waals surface area contributed by atoms with Crippen LogP contribution in [0, 0.1) is 5.92 Å². The Hall–Kier alpha value is -0.860. The lowest BCUT2D eigenvalue weighted by atomic mass is 10.0. The molecule has 1 saturated heterocycles. The van der Waals surface area contributed by atoms with Gasteiger partial charge in [-0.25, -0.2) is 0 Å². The fourth-order valence-corrected chi connectivity index (χ4v) is 3.13. The van der Waals surface area contributed by atoms with Crippen molar-refractivity contribution in [3.05, 3.63) is 35.4 Å². The summed E-state index contributed by atoms with van der Waals surface area (Å²) < 4.78 is 0. The van der Waals surface area contributed by atoms with E-state index in [1.807, 2.05) is 0 Å². The summed E-state index contributed by atoms with van der Waals surface area (Å²) in [5.74, 6) is 0.826. The average Bonchev–Trinajstić information content (AvgIpc) is 2.88. The molecule has 0 bridgehead atoms. The van der Waals surface area contributed by atoms with Crippen molar-refractivity contribution in [1.29, 1.82) is 0 Å². The molecule has 0 aromatic heterocycles. The third-order valence-corrected chi connectivity index (χ3v) is 4.36. The van der Waals surface area contributed by atoms with Gasteiger partial charge in [-0.2, -0.15) is 0 Å². The molecular formula is C17H28N2. The zero-order valence-corrected chi connectivity index (χ0v) is 12.7. The molecule has 19 heavy (non-hydrogen) atoms. The Morgan fingerprint density at radius 2 is 2.05 bits per heavy atom. The summed E-state index contributed by atoms with van der Waals surface area (Å²) in [6.07, 6.45) is 3.76. The number of likely N-dealkylation sites (tertiary alicyclic amines) is 1. The number of nitrogens with zero attached hydrogens (tertiary/aromatic N) is 1. The molecule has 0 amide bonds. The summed E-state index contributed by atoms with van der Waals surface area (Å²) in [7, 11) is 2.05. The quantitative estimate of drug-likeness (QED) is 0.844. The molecule has 0 spiro atoms. The Balaban J connectivity index is 1.94. The normalized spacial score (nSPS) is 21.7. The first kappa shape index (κ1) is 14.5. The van der Waals surface area contributed by atoms with Crippen molar-refractivity contribution < 1.29 is 0 Å². The standard InChI is InChI=1S/C17H28N2/c1-4-5-15-6-8-17(9-7-15)14(2)19-11-10-16(13-19)12-18-3/h6-9,14,16,18H,4-5,10-13H2,1-3H3. The maximum absolute atomic E-state index is 3.30. The molecule has 106 valence electrons. The van der Waals surface area contributed by atoms with Crippen molar-refractivity contribution in [2.24, 2.45) is 5.92 Å². The van der Waals surface area contributed by atoms with Crippen LogP contribution < -0.4 is 5.32 Å². The monoisotopic (exact) mass is 260 g/mol. The van der Waals surface area contributed by atoms with Crippen LogP contribution in [0.5, 0.6) is 0 Å². The molecule has 0 saturated carbocycles. The maximum atomic E-state index is 3.30. The van der Waals surface area contributed by atoms with Gasteiger partial charge in [0.15, 0.2) is 0 Å². The molecule has 2 nitrogen and oxygen atoms in total. The number of aryl methyl sites for hydroxylation is 1. The summed E-state index contributed by atoms with van der Waals surface area (Å²) in [5, 5.41) is 3.30. The van der Waals surface area contributed by atoms with Crippen LogP contribution in [0.2, 0.25) is 0 Å². The van der Waals surface area contributed by atoms with Crippen LogP contribution in [0.4, 0.5) is 0 Å². The third-order valence-electron chi connectivity index (χ3n) is 4.36. The minimum atomic E-state index is 0.553. The second-order valence-electron chi connectivity index (χ2n) is 5.87. The molecule has 1 aliphatic rings. The van der Waals surface area contributed by atoms with Crippen molar-refractivity contribution in [3.8, 4) is 0 Å². The van der Waals surface area contributed by atoms with E-state index in [2.05, 4.69) is 55.4 Å². The van der Waals surface area contributed by atoms with E-state index in [0.717, 1.165) is 12.5 Å². The largest absolute Gasteiger partial charge is 0.319 e. The van der Waals surface area contributed by atoms with E-state index in [4.69, 9.17) is 0 Å². The second kappa shape index (κ2) is 7.06. The van der Waals surface area contributed by atoms with Gasteiger partial charge in [-0.1, -0.05) is 37.6 Å². The second-order valence-corrected chi connectivity index (χ2v) is 5.87. The number of nitrogens with one attached hydrogen (secondary N) is 1. The summed E-state index contributed by atoms with van der Waals surface area (Å²) >= 11 is 0. The predicted octanol–water partition coefficient (Wildman–Crippen LogP) is 3.24. The molecule has 1 aliphatic heterocycles. The average molecular weight is 260 g/mol. The van der Waals surface area contributed by atoms with Crippen molar-refractivity contribution in [3.63, 3.8) is 0 Å². The van der Waals surface area contributed by atoms with Gasteiger partial charge < -0.3 is 5.32 Å². The number of hydrogen-bond acceptors (Lipinski definition) is 2. The first-order valence-electron chi connectivity index (χ1n) is 7.72. The van der Waals surface area contributed by atoms with Crippen molar-refractivity contribution >= 4 is 0 Å². The summed E-state index contributed by atoms with van der Waals surface area (Å²) in [6, 6.07) is 9.80. The number of benzene rings is 1. The summed E-state index contributed by atoms with van der Waals surface area (Å²) in [5.41, 5.74) is 2.93. The first-order chi connectivity index (χ1) is 9.24. The van der Waals surface area contributed by atoms with E-state index in [1.54, 1.807) is 0 Å². The Morgan fingerprint density at radius 3 is 2.68 bits per heavy atom. The Morgan fingerprint density at radius 1 is 1.32 bits per heavy atom. The van der Waals surface area contributed by atoms with Crippen molar-refractivity contribution in [2.45, 2.75) is 39.2 Å². The molecule has 2 unspecified atom stereocenters. The highest BCUT2D eigenvalue weighted by Crippen LogP contribution is 2.27. The molecule has 1 fully saturated rings. The first-order valence-corrected chi connectivity index (χ1v) is 7.72. The third kappa shape index (κ3) is 3.80. The molecule has 1 aromatic rings. The van der Waals surface area contributed by atoms with Gasteiger partial charge in [-0.05, 0) is 56.9 Å². The zero-order valence-electron chi connectivity index (χ0n) is 12.7. The van der Waals surface area contributed by atoms with Crippen LogP contribution in [0.3, 0.4) is 0 Å². The molecule has 2 atom stereocenters. The van der Waals surface area contributed by atoms with Crippen LogP contribution in [0.25, 0.3) is 0 Å². The molecule has 0 aliphatic carbocycles. The lowest BCUT2D eigenvalue weighted by molar-refractivity contribution is 0.252. The predicted molar refractivity (Wildman–Crippen MR) is 82.5 cm³/mol. The van der Waals surface area contributed by atoms with Gasteiger partial charge in [0.2, 0.25) is 0 Å². The molecule has 1 N–H and O–H groups in total. The van der Waals surface area contributed by atoms with E-state index in [-0.39, 0.29) is 0 Å². The molecule has 1 aromatic carbocycles. The lowest BCUT2D eigenvalue weighted by Crippen LogP contribution is -2.27. The van der Waals surface area contributed by atoms with Crippen LogP contribution in [0.1, 0.15) is 43.9 Å². The molecular weight excluding hydrogens is 232 g/mol. The van der Waals surface area contributed by atoms with E-state index >= 15 is 0 Å². The van der Waals surface area contributed by atoms with Gasteiger partial charge in [0.05, 0.1) is 0 Å². The van der Waals surface area contributed by atoms with Gasteiger partial charge in [-0.3, -0.25) is 4.90 Å². The minimum Gasteiger partial charge on any atom is -0.319 e. The minimum absolute atomic E-state index is 0.553. The zero-order chi connectivity index (χ0) is 13.7. The van der Waals surface area contributed by atoms with Crippen LogP contribution in [0.15, 0.2) is 24.3 Å². The van der Waals surface area contributed by atoms with Gasteiger partial charge in [0, 0.05) is 12.6 Å². The van der Waals surface area contributed by atoms with Gasteiger partial charge in [0.25, 0.3) is 0 Å². The van der Waals surface area contributed by atoms with E-state index < -0.39 is 0 Å². The van der Waals surface area contributed by atoms with Gasteiger partial charge >= 0.3 is 0 Å². The van der Waals surface area contributed by atoms with E-state index in [9.17, 15) is 0 Å². The van der Waals surface area contributed by atoms with E-state index in [0.29, 0.717) is 6.04 Å². The number of hydrogen-bond donors (Lipinski definition) is 1.